The number of pyridine rings is 2. The van der Waals surface area contributed by atoms with Crippen LogP contribution in [0.2, 0.25) is 0 Å². The van der Waals surface area contributed by atoms with Crippen LogP contribution in [0.25, 0.3) is 11.0 Å². The first kappa shape index (κ1) is 21.5. The normalized spacial score (nSPS) is 17.0. The van der Waals surface area contributed by atoms with Gasteiger partial charge in [-0.25, -0.2) is 19.3 Å². The number of hydrogen-bond donors (Lipinski definition) is 1. The Kier molecular flexibility index (Phi) is 6.02. The predicted molar refractivity (Wildman–Crippen MR) is 126 cm³/mol. The van der Waals surface area contributed by atoms with Crippen molar-refractivity contribution in [3.8, 4) is 0 Å². The summed E-state index contributed by atoms with van der Waals surface area (Å²) in [6.45, 7) is 7.34. The fraction of sp³-hybridized carbons (Fsp3) is 0.320. The highest BCUT2D eigenvalue weighted by Gasteiger charge is 2.25. The van der Waals surface area contributed by atoms with E-state index in [1.807, 2.05) is 24.3 Å². The number of aromatic nitrogens is 4. The van der Waals surface area contributed by atoms with Crippen molar-refractivity contribution in [3.63, 3.8) is 0 Å². The largest absolute Gasteiger partial charge is 0.369 e. The molecule has 1 aromatic carbocycles. The van der Waals surface area contributed by atoms with Crippen LogP contribution in [0.5, 0.6) is 0 Å². The standard InChI is InChI=1S/C25H27FN6O/c1-17(2)32-21-8-4-3-6-19(21)29-25(32)16-31-12-13-33-22(15-31)20-7-5-9-24(28-20)30-23-11-10-18(26)14-27-23/h3-11,14,17,22H,12-13,15-16H2,1-2H3,(H,27,28,30)/t22-/m0/s1. The molecular weight excluding hydrogens is 419 g/mol. The van der Waals surface area contributed by atoms with Gasteiger partial charge in [0.15, 0.2) is 0 Å². The second kappa shape index (κ2) is 9.25. The van der Waals surface area contributed by atoms with Crippen molar-refractivity contribution in [1.82, 2.24) is 24.4 Å². The third-order valence-electron chi connectivity index (χ3n) is 5.78. The zero-order valence-electron chi connectivity index (χ0n) is 18.8. The second-order valence-corrected chi connectivity index (χ2v) is 8.51. The first-order chi connectivity index (χ1) is 16.1. The number of hydrogen-bond acceptors (Lipinski definition) is 6. The fourth-order valence-corrected chi connectivity index (χ4v) is 4.29. The molecule has 0 radical (unpaired) electrons. The molecule has 0 amide bonds. The van der Waals surface area contributed by atoms with E-state index in [1.54, 1.807) is 6.07 Å². The maximum atomic E-state index is 13.1. The average Bonchev–Trinajstić information content (AvgIpc) is 3.19. The number of morpholine rings is 1. The van der Waals surface area contributed by atoms with E-state index in [-0.39, 0.29) is 11.9 Å². The van der Waals surface area contributed by atoms with Crippen molar-refractivity contribution in [2.45, 2.75) is 32.5 Å². The van der Waals surface area contributed by atoms with Gasteiger partial charge in [0.25, 0.3) is 0 Å². The molecule has 0 aliphatic carbocycles. The van der Waals surface area contributed by atoms with E-state index in [1.165, 1.54) is 17.8 Å². The number of fused-ring (bicyclic) bond motifs is 1. The van der Waals surface area contributed by atoms with Crippen molar-refractivity contribution in [2.75, 3.05) is 25.0 Å². The van der Waals surface area contributed by atoms with Crippen LogP contribution in [0.3, 0.4) is 0 Å². The molecule has 170 valence electrons. The summed E-state index contributed by atoms with van der Waals surface area (Å²) < 4.78 is 21.5. The quantitative estimate of drug-likeness (QED) is 0.456. The molecule has 0 bridgehead atoms. The summed E-state index contributed by atoms with van der Waals surface area (Å²) in [6.07, 6.45) is 1.04. The molecule has 0 saturated carbocycles. The number of halogens is 1. The minimum absolute atomic E-state index is 0.140. The number of imidazole rings is 1. The van der Waals surface area contributed by atoms with Crippen LogP contribution in [0, 0.1) is 5.82 Å². The van der Waals surface area contributed by atoms with Crippen LogP contribution in [-0.4, -0.2) is 44.1 Å². The minimum atomic E-state index is -0.371. The van der Waals surface area contributed by atoms with Crippen molar-refractivity contribution in [3.05, 3.63) is 78.1 Å². The Morgan fingerprint density at radius 2 is 1.94 bits per heavy atom. The first-order valence-corrected chi connectivity index (χ1v) is 11.2. The first-order valence-electron chi connectivity index (χ1n) is 11.2. The van der Waals surface area contributed by atoms with Gasteiger partial charge in [0.1, 0.15) is 29.4 Å². The van der Waals surface area contributed by atoms with Gasteiger partial charge >= 0.3 is 0 Å². The van der Waals surface area contributed by atoms with Crippen molar-refractivity contribution >= 4 is 22.7 Å². The lowest BCUT2D eigenvalue weighted by Crippen LogP contribution is -2.38. The highest BCUT2D eigenvalue weighted by molar-refractivity contribution is 5.76. The summed E-state index contributed by atoms with van der Waals surface area (Å²) in [5.41, 5.74) is 3.05. The molecule has 1 atom stereocenters. The van der Waals surface area contributed by atoms with E-state index in [2.05, 4.69) is 51.8 Å². The summed E-state index contributed by atoms with van der Waals surface area (Å²) in [5, 5.41) is 3.13. The van der Waals surface area contributed by atoms with Crippen LogP contribution in [-0.2, 0) is 11.3 Å². The summed E-state index contributed by atoms with van der Waals surface area (Å²) in [6, 6.07) is 17.3. The van der Waals surface area contributed by atoms with Crippen molar-refractivity contribution in [1.29, 1.82) is 0 Å². The van der Waals surface area contributed by atoms with E-state index < -0.39 is 0 Å². The van der Waals surface area contributed by atoms with Gasteiger partial charge in [-0.2, -0.15) is 0 Å². The zero-order chi connectivity index (χ0) is 22.8. The lowest BCUT2D eigenvalue weighted by atomic mass is 10.2. The average molecular weight is 447 g/mol. The Morgan fingerprint density at radius 1 is 1.06 bits per heavy atom. The monoisotopic (exact) mass is 446 g/mol. The molecule has 7 nitrogen and oxygen atoms in total. The zero-order valence-corrected chi connectivity index (χ0v) is 18.8. The molecule has 1 aliphatic rings. The third-order valence-corrected chi connectivity index (χ3v) is 5.78. The number of benzene rings is 1. The van der Waals surface area contributed by atoms with Gasteiger partial charge in [-0.3, -0.25) is 4.90 Å². The molecule has 5 rings (SSSR count). The van der Waals surface area contributed by atoms with Gasteiger partial charge in [0.05, 0.1) is 36.1 Å². The number of nitrogens with one attached hydrogen (secondary N) is 1. The van der Waals surface area contributed by atoms with Gasteiger partial charge in [-0.1, -0.05) is 18.2 Å². The van der Waals surface area contributed by atoms with E-state index in [4.69, 9.17) is 14.7 Å². The predicted octanol–water partition coefficient (Wildman–Crippen LogP) is 4.86. The molecule has 1 saturated heterocycles. The van der Waals surface area contributed by atoms with Crippen molar-refractivity contribution in [2.24, 2.45) is 0 Å². The van der Waals surface area contributed by atoms with Crippen LogP contribution in [0.15, 0.2) is 60.8 Å². The van der Waals surface area contributed by atoms with Gasteiger partial charge in [-0.05, 0) is 50.2 Å². The Hall–Kier alpha value is -3.36. The Labute approximate surface area is 192 Å². The molecular formula is C25H27FN6O. The second-order valence-electron chi connectivity index (χ2n) is 8.51. The van der Waals surface area contributed by atoms with E-state index >= 15 is 0 Å². The molecule has 8 heteroatoms. The SMILES string of the molecule is CC(C)n1c(CN2CCO[C@H](c3cccc(Nc4ccc(F)cn4)n3)C2)nc2ccccc21. The van der Waals surface area contributed by atoms with Crippen LogP contribution in [0.1, 0.15) is 37.5 Å². The Bertz CT molecular complexity index is 1240. The van der Waals surface area contributed by atoms with Gasteiger partial charge in [0, 0.05) is 19.1 Å². The van der Waals surface area contributed by atoms with Crippen LogP contribution < -0.4 is 5.32 Å². The highest BCUT2D eigenvalue weighted by atomic mass is 19.1. The molecule has 33 heavy (non-hydrogen) atoms. The molecule has 4 heterocycles. The molecule has 0 spiro atoms. The van der Waals surface area contributed by atoms with Crippen LogP contribution in [0.4, 0.5) is 16.0 Å². The molecule has 4 aromatic rings. The van der Waals surface area contributed by atoms with E-state index in [0.29, 0.717) is 24.3 Å². The molecule has 3 aromatic heterocycles. The number of rotatable bonds is 6. The number of nitrogens with zero attached hydrogens (tertiary/aromatic N) is 5. The van der Waals surface area contributed by atoms with Crippen LogP contribution >= 0.6 is 0 Å². The number of ether oxygens (including phenoxy) is 1. The molecule has 1 fully saturated rings. The molecule has 1 aliphatic heterocycles. The highest BCUT2D eigenvalue weighted by Crippen LogP contribution is 2.26. The van der Waals surface area contributed by atoms with Gasteiger partial charge in [-0.15, -0.1) is 0 Å². The number of para-hydroxylation sites is 2. The maximum absolute atomic E-state index is 13.1. The smallest absolute Gasteiger partial charge is 0.141 e. The lowest BCUT2D eigenvalue weighted by Gasteiger charge is -2.32. The maximum Gasteiger partial charge on any atom is 0.141 e. The Morgan fingerprint density at radius 3 is 2.76 bits per heavy atom. The van der Waals surface area contributed by atoms with Gasteiger partial charge < -0.3 is 14.6 Å². The third kappa shape index (κ3) is 4.72. The molecule has 0 unspecified atom stereocenters. The summed E-state index contributed by atoms with van der Waals surface area (Å²) >= 11 is 0. The summed E-state index contributed by atoms with van der Waals surface area (Å²) in [5.74, 6) is 1.88. The van der Waals surface area contributed by atoms with E-state index in [0.717, 1.165) is 36.7 Å². The molecule has 1 N–H and O–H groups in total. The minimum Gasteiger partial charge on any atom is -0.369 e. The topological polar surface area (TPSA) is 68.1 Å². The van der Waals surface area contributed by atoms with E-state index in [9.17, 15) is 4.39 Å². The number of anilines is 2. The summed E-state index contributed by atoms with van der Waals surface area (Å²) in [7, 11) is 0. The van der Waals surface area contributed by atoms with Crippen molar-refractivity contribution < 1.29 is 9.13 Å². The lowest BCUT2D eigenvalue weighted by molar-refractivity contribution is -0.0359. The van der Waals surface area contributed by atoms with Gasteiger partial charge in [0.2, 0.25) is 0 Å². The fourth-order valence-electron chi connectivity index (χ4n) is 4.29. The summed E-state index contributed by atoms with van der Waals surface area (Å²) in [4.78, 5) is 16.0. The Balaban J connectivity index is 1.32.